The van der Waals surface area contributed by atoms with Crippen molar-refractivity contribution in [2.45, 2.75) is 24.7 Å². The van der Waals surface area contributed by atoms with Crippen LogP contribution in [0.15, 0.2) is 41.3 Å². The van der Waals surface area contributed by atoms with Crippen molar-refractivity contribution in [3.63, 3.8) is 0 Å². The molecule has 1 heterocycles. The van der Waals surface area contributed by atoms with E-state index in [0.717, 1.165) is 11.6 Å². The fraction of sp³-hybridized carbons (Fsp3) is 0.211. The van der Waals surface area contributed by atoms with E-state index in [1.165, 1.54) is 12.1 Å². The van der Waals surface area contributed by atoms with E-state index in [2.05, 4.69) is 5.32 Å². The van der Waals surface area contributed by atoms with Gasteiger partial charge in [-0.05, 0) is 54.8 Å². The van der Waals surface area contributed by atoms with Crippen LogP contribution in [0.25, 0.3) is 0 Å². The zero-order valence-corrected chi connectivity index (χ0v) is 15.8. The Morgan fingerprint density at radius 2 is 1.82 bits per heavy atom. The summed E-state index contributed by atoms with van der Waals surface area (Å²) in [6.07, 6.45) is 0.876. The van der Waals surface area contributed by atoms with Crippen LogP contribution in [-0.2, 0) is 26.0 Å². The number of benzene rings is 2. The van der Waals surface area contributed by atoms with E-state index in [4.69, 9.17) is 9.88 Å². The minimum Gasteiger partial charge on any atom is -0.454 e. The number of rotatable bonds is 5. The monoisotopic (exact) mass is 402 g/mol. The Kier molecular flexibility index (Phi) is 5.30. The highest BCUT2D eigenvalue weighted by atomic mass is 32.2. The molecular formula is C19H18N2O6S. The van der Waals surface area contributed by atoms with E-state index >= 15 is 0 Å². The van der Waals surface area contributed by atoms with Gasteiger partial charge < -0.3 is 10.1 Å². The number of Topliss-reactive ketones (excluding diaryl/α,β-unsaturated/α-hetero) is 1. The van der Waals surface area contributed by atoms with Crippen LogP contribution in [0.3, 0.4) is 0 Å². The number of nitrogens with two attached hydrogens (primary N) is 1. The number of hydrogen-bond donors (Lipinski definition) is 2. The molecule has 2 aromatic carbocycles. The molecule has 0 bridgehead atoms. The van der Waals surface area contributed by atoms with Gasteiger partial charge >= 0.3 is 5.97 Å². The Bertz CT molecular complexity index is 1090. The molecule has 0 saturated heterocycles. The highest BCUT2D eigenvalue weighted by Crippen LogP contribution is 2.24. The summed E-state index contributed by atoms with van der Waals surface area (Å²) in [7, 11) is -3.98. The molecule has 1 aliphatic heterocycles. The zero-order chi connectivity index (χ0) is 20.5. The lowest BCUT2D eigenvalue weighted by Gasteiger charge is -2.17. The molecule has 8 nitrogen and oxygen atoms in total. The fourth-order valence-electron chi connectivity index (χ4n) is 2.89. The van der Waals surface area contributed by atoms with E-state index in [0.29, 0.717) is 29.7 Å². The molecule has 9 heteroatoms. The standard InChI is InChI=1S/C19H18N2O6S/c1-11-2-3-14(9-17(11)28(20,25)26)19(24)27-10-16(22)13-4-6-15-12(8-13)5-7-18(23)21-15/h2-4,6,8-9H,5,7,10H2,1H3,(H,21,23)(H2,20,25,26). The Labute approximate surface area is 161 Å². The molecule has 0 fully saturated rings. The van der Waals surface area contributed by atoms with Gasteiger partial charge in [0.15, 0.2) is 12.4 Å². The SMILES string of the molecule is Cc1ccc(C(=O)OCC(=O)c2ccc3c(c2)CCC(=O)N3)cc1S(N)(=O)=O. The van der Waals surface area contributed by atoms with E-state index in [-0.39, 0.29) is 16.4 Å². The molecule has 0 aromatic heterocycles. The van der Waals surface area contributed by atoms with Crippen molar-refractivity contribution in [3.8, 4) is 0 Å². The van der Waals surface area contributed by atoms with Gasteiger partial charge in [0.2, 0.25) is 15.9 Å². The number of carbonyl (C=O) groups is 3. The number of esters is 1. The summed E-state index contributed by atoms with van der Waals surface area (Å²) in [4.78, 5) is 35.7. The summed E-state index contributed by atoms with van der Waals surface area (Å²) in [5.41, 5.74) is 2.25. The summed E-state index contributed by atoms with van der Waals surface area (Å²) in [5, 5.41) is 7.85. The van der Waals surface area contributed by atoms with Crippen molar-refractivity contribution in [2.24, 2.45) is 5.14 Å². The first kappa shape index (κ1) is 19.7. The minimum atomic E-state index is -3.98. The van der Waals surface area contributed by atoms with Crippen LogP contribution >= 0.6 is 0 Å². The van der Waals surface area contributed by atoms with E-state index in [9.17, 15) is 22.8 Å². The first-order chi connectivity index (χ1) is 13.1. The Hall–Kier alpha value is -3.04. The summed E-state index contributed by atoms with van der Waals surface area (Å²) in [5.74, 6) is -1.31. The molecule has 146 valence electrons. The third-order valence-electron chi connectivity index (χ3n) is 4.39. The van der Waals surface area contributed by atoms with Crippen LogP contribution in [0.5, 0.6) is 0 Å². The summed E-state index contributed by atoms with van der Waals surface area (Å²) < 4.78 is 28.1. The lowest BCUT2D eigenvalue weighted by Crippen LogP contribution is -2.20. The molecule has 1 aliphatic rings. The van der Waals surface area contributed by atoms with Gasteiger partial charge in [0, 0.05) is 17.7 Å². The van der Waals surface area contributed by atoms with Gasteiger partial charge in [-0.1, -0.05) is 6.07 Å². The van der Waals surface area contributed by atoms with Crippen molar-refractivity contribution < 1.29 is 27.5 Å². The third-order valence-corrected chi connectivity index (χ3v) is 5.44. The molecule has 1 amide bonds. The lowest BCUT2D eigenvalue weighted by atomic mass is 9.99. The second-order valence-electron chi connectivity index (χ2n) is 6.44. The number of aryl methyl sites for hydroxylation is 2. The molecule has 3 N–H and O–H groups in total. The highest BCUT2D eigenvalue weighted by Gasteiger charge is 2.19. The smallest absolute Gasteiger partial charge is 0.338 e. The first-order valence-electron chi connectivity index (χ1n) is 8.42. The Balaban J connectivity index is 1.70. The van der Waals surface area contributed by atoms with Gasteiger partial charge in [-0.3, -0.25) is 9.59 Å². The van der Waals surface area contributed by atoms with Crippen molar-refractivity contribution in [2.75, 3.05) is 11.9 Å². The molecule has 28 heavy (non-hydrogen) atoms. The number of sulfonamides is 1. The van der Waals surface area contributed by atoms with Gasteiger partial charge in [-0.15, -0.1) is 0 Å². The molecule has 0 unspecified atom stereocenters. The number of carbonyl (C=O) groups excluding carboxylic acids is 3. The maximum Gasteiger partial charge on any atom is 0.338 e. The molecule has 0 atom stereocenters. The predicted octanol–water partition coefficient (Wildman–Crippen LogP) is 1.57. The van der Waals surface area contributed by atoms with Crippen LogP contribution in [0.2, 0.25) is 0 Å². The quantitative estimate of drug-likeness (QED) is 0.576. The van der Waals surface area contributed by atoms with Crippen molar-refractivity contribution >= 4 is 33.4 Å². The number of fused-ring (bicyclic) bond motifs is 1. The minimum absolute atomic E-state index is 0.0180. The number of anilines is 1. The van der Waals surface area contributed by atoms with Crippen molar-refractivity contribution in [3.05, 3.63) is 58.7 Å². The fourth-order valence-corrected chi connectivity index (χ4v) is 3.70. The van der Waals surface area contributed by atoms with Crippen LogP contribution in [0.4, 0.5) is 5.69 Å². The molecule has 0 radical (unpaired) electrons. The van der Waals surface area contributed by atoms with Gasteiger partial charge in [0.25, 0.3) is 0 Å². The summed E-state index contributed by atoms with van der Waals surface area (Å²) >= 11 is 0. The molecular weight excluding hydrogens is 384 g/mol. The molecule has 2 aromatic rings. The van der Waals surface area contributed by atoms with Gasteiger partial charge in [0.05, 0.1) is 10.5 Å². The number of primary sulfonamides is 1. The Morgan fingerprint density at radius 1 is 1.11 bits per heavy atom. The maximum atomic E-state index is 12.3. The van der Waals surface area contributed by atoms with Gasteiger partial charge in [-0.25, -0.2) is 18.4 Å². The lowest BCUT2D eigenvalue weighted by molar-refractivity contribution is -0.116. The van der Waals surface area contributed by atoms with Crippen molar-refractivity contribution in [1.82, 2.24) is 0 Å². The summed E-state index contributed by atoms with van der Waals surface area (Å²) in [6, 6.07) is 8.81. The zero-order valence-electron chi connectivity index (χ0n) is 15.0. The second kappa shape index (κ2) is 7.53. The molecule has 0 spiro atoms. The van der Waals surface area contributed by atoms with E-state index in [1.807, 2.05) is 0 Å². The maximum absolute atomic E-state index is 12.3. The number of ketones is 1. The first-order valence-corrected chi connectivity index (χ1v) is 9.96. The average Bonchev–Trinajstić information content (AvgIpc) is 2.64. The van der Waals surface area contributed by atoms with Gasteiger partial charge in [0.1, 0.15) is 0 Å². The van der Waals surface area contributed by atoms with Crippen molar-refractivity contribution in [1.29, 1.82) is 0 Å². The van der Waals surface area contributed by atoms with Crippen LogP contribution in [0, 0.1) is 6.92 Å². The highest BCUT2D eigenvalue weighted by molar-refractivity contribution is 7.89. The van der Waals surface area contributed by atoms with Crippen LogP contribution in [-0.4, -0.2) is 32.7 Å². The largest absolute Gasteiger partial charge is 0.454 e. The number of amides is 1. The number of ether oxygens (including phenoxy) is 1. The van der Waals surface area contributed by atoms with E-state index in [1.54, 1.807) is 25.1 Å². The van der Waals surface area contributed by atoms with Gasteiger partial charge in [-0.2, -0.15) is 0 Å². The Morgan fingerprint density at radius 3 is 2.54 bits per heavy atom. The average molecular weight is 402 g/mol. The molecule has 3 rings (SSSR count). The number of hydrogen-bond acceptors (Lipinski definition) is 6. The van der Waals surface area contributed by atoms with Crippen LogP contribution < -0.4 is 10.5 Å². The van der Waals surface area contributed by atoms with E-state index < -0.39 is 28.4 Å². The number of nitrogens with one attached hydrogen (secondary N) is 1. The molecule has 0 saturated carbocycles. The third kappa shape index (κ3) is 4.26. The predicted molar refractivity (Wildman–Crippen MR) is 101 cm³/mol. The topological polar surface area (TPSA) is 133 Å². The summed E-state index contributed by atoms with van der Waals surface area (Å²) in [6.45, 7) is 1.06. The van der Waals surface area contributed by atoms with Crippen LogP contribution in [0.1, 0.15) is 38.3 Å². The molecule has 0 aliphatic carbocycles. The normalized spacial score (nSPS) is 13.4. The second-order valence-corrected chi connectivity index (χ2v) is 7.97.